The lowest BCUT2D eigenvalue weighted by atomic mass is 10.0. The van der Waals surface area contributed by atoms with Crippen molar-refractivity contribution >= 4 is 5.97 Å². The molecule has 1 aliphatic heterocycles. The zero-order valence-electron chi connectivity index (χ0n) is 20.5. The summed E-state index contributed by atoms with van der Waals surface area (Å²) in [4.78, 5) is 12.2. The van der Waals surface area contributed by atoms with Crippen LogP contribution in [0.15, 0.2) is 24.3 Å². The summed E-state index contributed by atoms with van der Waals surface area (Å²) in [6.45, 7) is 4.03. The molecule has 32 heavy (non-hydrogen) atoms. The fourth-order valence-corrected chi connectivity index (χ4v) is 4.23. The minimum atomic E-state index is -0.301. The summed E-state index contributed by atoms with van der Waals surface area (Å²) in [7, 11) is 0. The topological polar surface area (TPSA) is 44.8 Å². The van der Waals surface area contributed by atoms with E-state index >= 15 is 0 Å². The van der Waals surface area contributed by atoms with Crippen molar-refractivity contribution in [3.05, 3.63) is 35.4 Å². The summed E-state index contributed by atoms with van der Waals surface area (Å²) in [5, 5.41) is 0. The van der Waals surface area contributed by atoms with Crippen molar-refractivity contribution in [1.29, 1.82) is 0 Å². The quantitative estimate of drug-likeness (QED) is 0.159. The van der Waals surface area contributed by atoms with Crippen LogP contribution in [0.1, 0.15) is 132 Å². The number of benzene rings is 1. The van der Waals surface area contributed by atoms with Crippen LogP contribution in [0.3, 0.4) is 0 Å². The van der Waals surface area contributed by atoms with Gasteiger partial charge in [-0.1, -0.05) is 115 Å². The second kappa shape index (κ2) is 18.1. The van der Waals surface area contributed by atoms with Crippen LogP contribution in [-0.2, 0) is 14.2 Å². The molecule has 1 fully saturated rings. The molecular formula is C28H46O4. The van der Waals surface area contributed by atoms with Gasteiger partial charge in [-0.15, -0.1) is 0 Å². The van der Waals surface area contributed by atoms with E-state index in [2.05, 4.69) is 6.92 Å². The van der Waals surface area contributed by atoms with Gasteiger partial charge in [0.25, 0.3) is 0 Å². The number of esters is 1. The Bertz CT molecular complexity index is 578. The first-order valence-corrected chi connectivity index (χ1v) is 13.3. The van der Waals surface area contributed by atoms with Gasteiger partial charge in [0, 0.05) is 5.56 Å². The number of ether oxygens (including phenoxy) is 3. The number of carbonyl (C=O) groups is 1. The smallest absolute Gasteiger partial charge is 0.338 e. The molecule has 0 spiro atoms. The van der Waals surface area contributed by atoms with E-state index in [0.717, 1.165) is 18.4 Å². The maximum Gasteiger partial charge on any atom is 0.338 e. The molecule has 4 heteroatoms. The lowest BCUT2D eigenvalue weighted by Gasteiger charge is -2.10. The van der Waals surface area contributed by atoms with Crippen LogP contribution in [0.5, 0.6) is 0 Å². The van der Waals surface area contributed by atoms with E-state index in [4.69, 9.17) is 14.2 Å². The summed E-state index contributed by atoms with van der Waals surface area (Å²) >= 11 is 0. The highest BCUT2D eigenvalue weighted by atomic mass is 16.7. The summed E-state index contributed by atoms with van der Waals surface area (Å²) in [6, 6.07) is 7.33. The van der Waals surface area contributed by atoms with Gasteiger partial charge in [0.05, 0.1) is 25.4 Å². The average molecular weight is 447 g/mol. The maximum absolute atomic E-state index is 12.2. The van der Waals surface area contributed by atoms with Crippen molar-refractivity contribution in [1.82, 2.24) is 0 Å². The van der Waals surface area contributed by atoms with Gasteiger partial charge in [0.2, 0.25) is 0 Å². The Morgan fingerprint density at radius 1 is 0.719 bits per heavy atom. The highest BCUT2D eigenvalue weighted by molar-refractivity contribution is 5.89. The number of hydrogen-bond donors (Lipinski definition) is 0. The van der Waals surface area contributed by atoms with Crippen LogP contribution in [0.4, 0.5) is 0 Å². The SMILES string of the molecule is CCCCCCCCCCCCCCCCCCOC(=O)c1ccc(C2OCCO2)cc1. The van der Waals surface area contributed by atoms with Crippen LogP contribution in [-0.4, -0.2) is 25.8 Å². The second-order valence-electron chi connectivity index (χ2n) is 9.13. The lowest BCUT2D eigenvalue weighted by molar-refractivity contribution is -0.0441. The molecule has 0 N–H and O–H groups in total. The highest BCUT2D eigenvalue weighted by Crippen LogP contribution is 2.23. The maximum atomic E-state index is 12.2. The monoisotopic (exact) mass is 446 g/mol. The van der Waals surface area contributed by atoms with E-state index in [1.54, 1.807) is 12.1 Å². The van der Waals surface area contributed by atoms with Gasteiger partial charge < -0.3 is 14.2 Å². The van der Waals surface area contributed by atoms with E-state index < -0.39 is 0 Å². The predicted octanol–water partition coefficient (Wildman–Crippen LogP) is 8.15. The van der Waals surface area contributed by atoms with Gasteiger partial charge in [-0.05, 0) is 18.6 Å². The minimum Gasteiger partial charge on any atom is -0.462 e. The van der Waals surface area contributed by atoms with Crippen molar-refractivity contribution in [2.75, 3.05) is 19.8 Å². The largest absolute Gasteiger partial charge is 0.462 e. The van der Waals surface area contributed by atoms with Crippen molar-refractivity contribution in [3.8, 4) is 0 Å². The molecule has 0 aliphatic carbocycles. The molecule has 1 aromatic rings. The third kappa shape index (κ3) is 12.0. The van der Waals surface area contributed by atoms with E-state index in [9.17, 15) is 4.79 Å². The van der Waals surface area contributed by atoms with E-state index in [-0.39, 0.29) is 12.3 Å². The molecule has 4 nitrogen and oxygen atoms in total. The molecule has 0 unspecified atom stereocenters. The molecule has 182 valence electrons. The molecular weight excluding hydrogens is 400 g/mol. The number of hydrogen-bond acceptors (Lipinski definition) is 4. The summed E-state index contributed by atoms with van der Waals surface area (Å²) in [6.07, 6.45) is 21.2. The molecule has 0 saturated carbocycles. The van der Waals surface area contributed by atoms with Crippen LogP contribution >= 0.6 is 0 Å². The normalized spacial score (nSPS) is 14.2. The number of unbranched alkanes of at least 4 members (excludes halogenated alkanes) is 15. The van der Waals surface area contributed by atoms with Gasteiger partial charge in [-0.3, -0.25) is 0 Å². The molecule has 0 amide bonds. The zero-order chi connectivity index (χ0) is 22.7. The molecule has 0 aromatic heterocycles. The standard InChI is InChI=1S/C28H46O4/c1-2-3-4-5-6-7-8-9-10-11-12-13-14-15-16-17-22-30-27(29)25-18-20-26(21-19-25)28-31-23-24-32-28/h18-21,28H,2-17,22-24H2,1H3. The zero-order valence-corrected chi connectivity index (χ0v) is 20.5. The predicted molar refractivity (Wildman–Crippen MR) is 131 cm³/mol. The summed E-state index contributed by atoms with van der Waals surface area (Å²) in [5.41, 5.74) is 1.53. The second-order valence-corrected chi connectivity index (χ2v) is 9.13. The highest BCUT2D eigenvalue weighted by Gasteiger charge is 2.18. The van der Waals surface area contributed by atoms with Gasteiger partial charge in [-0.25, -0.2) is 4.79 Å². The Kier molecular flexibility index (Phi) is 15.2. The van der Waals surface area contributed by atoms with Crippen molar-refractivity contribution < 1.29 is 19.0 Å². The first-order chi connectivity index (χ1) is 15.8. The first-order valence-electron chi connectivity index (χ1n) is 13.3. The lowest BCUT2D eigenvalue weighted by Crippen LogP contribution is -2.07. The van der Waals surface area contributed by atoms with Crippen LogP contribution < -0.4 is 0 Å². The molecule has 1 aliphatic rings. The van der Waals surface area contributed by atoms with Gasteiger partial charge in [0.1, 0.15) is 0 Å². The van der Waals surface area contributed by atoms with Gasteiger partial charge in [0.15, 0.2) is 6.29 Å². The van der Waals surface area contributed by atoms with Crippen LogP contribution in [0.25, 0.3) is 0 Å². The van der Waals surface area contributed by atoms with Crippen LogP contribution in [0.2, 0.25) is 0 Å². The van der Waals surface area contributed by atoms with Gasteiger partial charge in [-0.2, -0.15) is 0 Å². The summed E-state index contributed by atoms with van der Waals surface area (Å²) < 4.78 is 16.3. The Morgan fingerprint density at radius 2 is 1.16 bits per heavy atom. The fourth-order valence-electron chi connectivity index (χ4n) is 4.23. The summed E-state index contributed by atoms with van der Waals surface area (Å²) in [5.74, 6) is -0.245. The minimum absolute atomic E-state index is 0.245. The van der Waals surface area contributed by atoms with E-state index in [1.165, 1.54) is 89.9 Å². The van der Waals surface area contributed by atoms with E-state index in [0.29, 0.717) is 25.4 Å². The Balaban J connectivity index is 1.34. The van der Waals surface area contributed by atoms with Crippen LogP contribution in [0, 0.1) is 0 Å². The third-order valence-corrected chi connectivity index (χ3v) is 6.27. The molecule has 0 radical (unpaired) electrons. The van der Waals surface area contributed by atoms with Crippen molar-refractivity contribution in [3.63, 3.8) is 0 Å². The Hall–Kier alpha value is -1.39. The molecule has 1 saturated heterocycles. The molecule has 0 atom stereocenters. The van der Waals surface area contributed by atoms with Gasteiger partial charge >= 0.3 is 5.97 Å². The first kappa shape index (κ1) is 26.9. The molecule has 2 rings (SSSR count). The third-order valence-electron chi connectivity index (χ3n) is 6.27. The Labute approximate surface area is 196 Å². The Morgan fingerprint density at radius 3 is 1.62 bits per heavy atom. The van der Waals surface area contributed by atoms with Crippen molar-refractivity contribution in [2.45, 2.75) is 116 Å². The average Bonchev–Trinajstić information content (AvgIpc) is 3.36. The number of carbonyl (C=O) groups excluding carboxylic acids is 1. The van der Waals surface area contributed by atoms with Crippen molar-refractivity contribution in [2.24, 2.45) is 0 Å². The molecule has 1 aromatic carbocycles. The fraction of sp³-hybridized carbons (Fsp3) is 0.750. The number of rotatable bonds is 19. The molecule has 0 bridgehead atoms. The molecule has 1 heterocycles. The van der Waals surface area contributed by atoms with E-state index in [1.807, 2.05) is 12.1 Å².